The molecule has 3 N–H and O–H groups in total. The lowest BCUT2D eigenvalue weighted by Crippen LogP contribution is -2.23. The predicted octanol–water partition coefficient (Wildman–Crippen LogP) is 3.88. The lowest BCUT2D eigenvalue weighted by atomic mass is 10.0. The number of nitrogen functional groups attached to an aromatic ring is 1. The van der Waals surface area contributed by atoms with Gasteiger partial charge in [-0.25, -0.2) is 23.7 Å². The molecular weight excluding hydrogens is 459 g/mol. The molecule has 1 aliphatic rings. The molecule has 0 radical (unpaired) electrons. The lowest BCUT2D eigenvalue weighted by Gasteiger charge is -2.19. The van der Waals surface area contributed by atoms with E-state index < -0.39 is 0 Å². The molecule has 0 saturated carbocycles. The number of aryl methyl sites for hydroxylation is 2. The van der Waals surface area contributed by atoms with Crippen LogP contribution in [0, 0.1) is 5.82 Å². The largest absolute Gasteiger partial charge is 0.490 e. The summed E-state index contributed by atoms with van der Waals surface area (Å²) in [4.78, 5) is 22.3. The summed E-state index contributed by atoms with van der Waals surface area (Å²) in [5, 5.41) is 3.30. The number of aromatic nitrogens is 4. The van der Waals surface area contributed by atoms with Crippen molar-refractivity contribution < 1.29 is 9.13 Å². The van der Waals surface area contributed by atoms with E-state index in [2.05, 4.69) is 15.3 Å². The van der Waals surface area contributed by atoms with Gasteiger partial charge in [0.25, 0.3) is 0 Å². The first-order chi connectivity index (χ1) is 17.6. The lowest BCUT2D eigenvalue weighted by molar-refractivity contribution is 0.323. The van der Waals surface area contributed by atoms with E-state index in [1.165, 1.54) is 21.5 Å². The third-order valence-electron chi connectivity index (χ3n) is 6.33. The zero-order chi connectivity index (χ0) is 24.6. The Morgan fingerprint density at radius 1 is 0.944 bits per heavy atom. The van der Waals surface area contributed by atoms with Gasteiger partial charge >= 0.3 is 5.69 Å². The Morgan fingerprint density at radius 2 is 1.75 bits per heavy atom. The maximum Gasteiger partial charge on any atom is 0.339 e. The molecule has 36 heavy (non-hydrogen) atoms. The summed E-state index contributed by atoms with van der Waals surface area (Å²) in [5.41, 5.74) is 10.9. The minimum atomic E-state index is -0.304. The number of nitrogens with zero attached hydrogens (tertiary/aromatic N) is 4. The van der Waals surface area contributed by atoms with E-state index in [0.29, 0.717) is 42.1 Å². The number of nitrogens with one attached hydrogen (secondary N) is 1. The maximum atomic E-state index is 13.8. The number of hydrogen-bond acceptors (Lipinski definition) is 6. The number of anilines is 2. The van der Waals surface area contributed by atoms with Crippen LogP contribution in [-0.4, -0.2) is 32.3 Å². The van der Waals surface area contributed by atoms with E-state index >= 15 is 0 Å². The van der Waals surface area contributed by atoms with Crippen LogP contribution in [0.4, 0.5) is 15.9 Å². The Hall–Kier alpha value is -4.66. The van der Waals surface area contributed by atoms with Crippen LogP contribution >= 0.6 is 0 Å². The quantitative estimate of drug-likeness (QED) is 0.394. The number of rotatable bonds is 5. The minimum Gasteiger partial charge on any atom is -0.490 e. The van der Waals surface area contributed by atoms with Crippen LogP contribution in [0.15, 0.2) is 77.9 Å². The molecule has 180 valence electrons. The van der Waals surface area contributed by atoms with Gasteiger partial charge in [-0.3, -0.25) is 4.57 Å². The normalized spacial score (nSPS) is 12.7. The molecule has 8 nitrogen and oxygen atoms in total. The van der Waals surface area contributed by atoms with Gasteiger partial charge in [0.05, 0.1) is 17.1 Å². The SMILES string of the molecule is Nc1ncnc2c1n(-c1ccc(CCc3cccc(F)c3)cc1)c(=O)n2-c1ccc2c(c1)NCCO2. The van der Waals surface area contributed by atoms with Crippen LogP contribution in [0.25, 0.3) is 22.5 Å². The highest BCUT2D eigenvalue weighted by molar-refractivity contribution is 5.85. The molecule has 3 heterocycles. The van der Waals surface area contributed by atoms with Crippen LogP contribution in [0.2, 0.25) is 0 Å². The van der Waals surface area contributed by atoms with Crippen molar-refractivity contribution in [1.82, 2.24) is 19.1 Å². The molecular formula is C27H23FN6O2. The smallest absolute Gasteiger partial charge is 0.339 e. The first-order valence-electron chi connectivity index (χ1n) is 11.7. The van der Waals surface area contributed by atoms with Gasteiger partial charge in [-0.1, -0.05) is 24.3 Å². The Kier molecular flexibility index (Phi) is 5.37. The molecule has 0 aliphatic carbocycles. The van der Waals surface area contributed by atoms with Gasteiger partial charge < -0.3 is 15.8 Å². The zero-order valence-electron chi connectivity index (χ0n) is 19.3. The minimum absolute atomic E-state index is 0.213. The Morgan fingerprint density at radius 3 is 2.58 bits per heavy atom. The van der Waals surface area contributed by atoms with Gasteiger partial charge in [0.1, 0.15) is 30.0 Å². The van der Waals surface area contributed by atoms with E-state index in [-0.39, 0.29) is 17.3 Å². The number of imidazole rings is 1. The second kappa shape index (κ2) is 8.84. The standard InChI is InChI=1S/C27H23FN6O2/c28-19-3-1-2-18(14-19)5-4-17-6-8-20(9-7-17)33-24-25(29)31-16-32-26(24)34(27(33)35)21-10-11-23-22(15-21)30-12-13-36-23/h1-3,6-11,14-16,30H,4-5,12-13H2,(H2,29,31,32). The zero-order valence-corrected chi connectivity index (χ0v) is 19.3. The number of benzene rings is 3. The molecule has 5 aromatic rings. The average Bonchev–Trinajstić information content (AvgIpc) is 3.20. The topological polar surface area (TPSA) is 100.0 Å². The van der Waals surface area contributed by atoms with E-state index in [9.17, 15) is 9.18 Å². The second-order valence-corrected chi connectivity index (χ2v) is 8.64. The molecule has 0 spiro atoms. The summed E-state index contributed by atoms with van der Waals surface area (Å²) < 4.78 is 22.2. The summed E-state index contributed by atoms with van der Waals surface area (Å²) in [6, 6.07) is 19.8. The summed E-state index contributed by atoms with van der Waals surface area (Å²) in [6.07, 6.45) is 2.82. The summed E-state index contributed by atoms with van der Waals surface area (Å²) >= 11 is 0. The molecule has 0 unspecified atom stereocenters. The molecule has 9 heteroatoms. The Balaban J connectivity index is 1.39. The van der Waals surface area contributed by atoms with Crippen molar-refractivity contribution in [2.45, 2.75) is 12.8 Å². The fourth-order valence-corrected chi connectivity index (χ4v) is 4.58. The van der Waals surface area contributed by atoms with Gasteiger partial charge in [0.15, 0.2) is 11.5 Å². The fraction of sp³-hybridized carbons (Fsp3) is 0.148. The molecule has 0 saturated heterocycles. The predicted molar refractivity (Wildman–Crippen MR) is 137 cm³/mol. The maximum absolute atomic E-state index is 13.8. The molecule has 0 atom stereocenters. The molecule has 0 bridgehead atoms. The van der Waals surface area contributed by atoms with Crippen molar-refractivity contribution in [3.63, 3.8) is 0 Å². The van der Waals surface area contributed by atoms with Gasteiger partial charge in [-0.05, 0) is 66.4 Å². The van der Waals surface area contributed by atoms with Gasteiger partial charge in [0.2, 0.25) is 0 Å². The average molecular weight is 483 g/mol. The summed E-state index contributed by atoms with van der Waals surface area (Å²) in [7, 11) is 0. The van der Waals surface area contributed by atoms with Gasteiger partial charge in [-0.15, -0.1) is 0 Å². The van der Waals surface area contributed by atoms with Crippen molar-refractivity contribution in [1.29, 1.82) is 0 Å². The number of halogens is 1. The van der Waals surface area contributed by atoms with Crippen molar-refractivity contribution in [2.24, 2.45) is 0 Å². The molecule has 0 amide bonds. The fourth-order valence-electron chi connectivity index (χ4n) is 4.58. The van der Waals surface area contributed by atoms with Crippen LogP contribution in [-0.2, 0) is 12.8 Å². The monoisotopic (exact) mass is 482 g/mol. The van der Waals surface area contributed by atoms with Crippen LogP contribution in [0.3, 0.4) is 0 Å². The van der Waals surface area contributed by atoms with Crippen LogP contribution in [0.1, 0.15) is 11.1 Å². The third kappa shape index (κ3) is 3.84. The van der Waals surface area contributed by atoms with E-state index in [0.717, 1.165) is 29.0 Å². The molecule has 0 fully saturated rings. The number of ether oxygens (including phenoxy) is 1. The number of fused-ring (bicyclic) bond motifs is 2. The molecule has 6 rings (SSSR count). The molecule has 3 aromatic carbocycles. The third-order valence-corrected chi connectivity index (χ3v) is 6.33. The first kappa shape index (κ1) is 21.8. The Bertz CT molecular complexity index is 1640. The second-order valence-electron chi connectivity index (χ2n) is 8.64. The Labute approximate surface area is 205 Å². The van der Waals surface area contributed by atoms with E-state index in [4.69, 9.17) is 10.5 Å². The van der Waals surface area contributed by atoms with Crippen LogP contribution < -0.4 is 21.5 Å². The highest BCUT2D eigenvalue weighted by atomic mass is 19.1. The van der Waals surface area contributed by atoms with Gasteiger partial charge in [-0.2, -0.15) is 0 Å². The van der Waals surface area contributed by atoms with Crippen molar-refractivity contribution >= 4 is 22.7 Å². The van der Waals surface area contributed by atoms with Gasteiger partial charge in [0, 0.05) is 6.54 Å². The first-order valence-corrected chi connectivity index (χ1v) is 11.7. The van der Waals surface area contributed by atoms with Crippen molar-refractivity contribution in [2.75, 3.05) is 24.2 Å². The molecule has 1 aliphatic heterocycles. The van der Waals surface area contributed by atoms with Crippen LogP contribution in [0.5, 0.6) is 5.75 Å². The van der Waals surface area contributed by atoms with E-state index in [1.54, 1.807) is 12.1 Å². The number of hydrogen-bond donors (Lipinski definition) is 2. The highest BCUT2D eigenvalue weighted by Gasteiger charge is 2.21. The molecule has 2 aromatic heterocycles. The van der Waals surface area contributed by atoms with E-state index in [1.807, 2.05) is 48.5 Å². The van der Waals surface area contributed by atoms with Crippen molar-refractivity contribution in [3.05, 3.63) is 100 Å². The summed E-state index contributed by atoms with van der Waals surface area (Å²) in [5.74, 6) is 0.718. The van der Waals surface area contributed by atoms with Crippen molar-refractivity contribution in [3.8, 4) is 17.1 Å². The highest BCUT2D eigenvalue weighted by Crippen LogP contribution is 2.31. The summed E-state index contributed by atoms with van der Waals surface area (Å²) in [6.45, 7) is 1.28. The number of nitrogens with two attached hydrogens (primary N) is 1.